The second kappa shape index (κ2) is 5.61. The van der Waals surface area contributed by atoms with E-state index in [4.69, 9.17) is 5.11 Å². The average molecular weight is 285 g/mol. The van der Waals surface area contributed by atoms with Crippen molar-refractivity contribution in [3.63, 3.8) is 0 Å². The summed E-state index contributed by atoms with van der Waals surface area (Å²) in [6, 6.07) is 5.41. The van der Waals surface area contributed by atoms with Crippen molar-refractivity contribution in [3.05, 3.63) is 29.3 Å². The van der Waals surface area contributed by atoms with Gasteiger partial charge in [-0.1, -0.05) is 13.0 Å². The Morgan fingerprint density at radius 3 is 2.11 bits per heavy atom. The van der Waals surface area contributed by atoms with Crippen molar-refractivity contribution in [2.45, 2.75) is 20.8 Å². The molecule has 0 fully saturated rings. The first-order valence-electron chi connectivity index (χ1n) is 5.90. The highest BCUT2D eigenvalue weighted by Crippen LogP contribution is 2.22. The van der Waals surface area contributed by atoms with Gasteiger partial charge in [-0.25, -0.2) is 8.42 Å². The van der Waals surface area contributed by atoms with Gasteiger partial charge in [-0.2, -0.15) is 0 Å². The van der Waals surface area contributed by atoms with Gasteiger partial charge in [0.2, 0.25) is 10.0 Å². The van der Waals surface area contributed by atoms with Gasteiger partial charge in [0.05, 0.1) is 17.9 Å². The fourth-order valence-corrected chi connectivity index (χ4v) is 2.84. The molecule has 1 aromatic carbocycles. The summed E-state index contributed by atoms with van der Waals surface area (Å²) in [5.74, 6) is -1.78. The fourth-order valence-electron chi connectivity index (χ4n) is 1.85. The zero-order chi connectivity index (χ0) is 14.8. The molecule has 0 aromatic heterocycles. The Hall–Kier alpha value is -1.56. The van der Waals surface area contributed by atoms with E-state index in [0.717, 1.165) is 21.7 Å². The van der Waals surface area contributed by atoms with Crippen LogP contribution in [0.3, 0.4) is 0 Å². The van der Waals surface area contributed by atoms with Gasteiger partial charge in [0.15, 0.2) is 0 Å². The lowest BCUT2D eigenvalue weighted by molar-refractivity contribution is -0.140. The monoisotopic (exact) mass is 285 g/mol. The molecule has 0 aliphatic carbocycles. The van der Waals surface area contributed by atoms with Gasteiger partial charge in [-0.15, -0.1) is 0 Å². The minimum atomic E-state index is -3.51. The van der Waals surface area contributed by atoms with E-state index in [0.29, 0.717) is 5.69 Å². The van der Waals surface area contributed by atoms with Crippen LogP contribution in [0, 0.1) is 19.8 Å². The van der Waals surface area contributed by atoms with Crippen LogP contribution in [0.4, 0.5) is 5.69 Å². The molecule has 0 aliphatic heterocycles. The van der Waals surface area contributed by atoms with Crippen LogP contribution >= 0.6 is 0 Å². The van der Waals surface area contributed by atoms with Crippen LogP contribution in [0.1, 0.15) is 18.1 Å². The molecule has 0 saturated heterocycles. The number of benzene rings is 1. The zero-order valence-electron chi connectivity index (χ0n) is 11.5. The molecular weight excluding hydrogens is 266 g/mol. The summed E-state index contributed by atoms with van der Waals surface area (Å²) >= 11 is 0. The predicted octanol–water partition coefficient (Wildman–Crippen LogP) is 1.79. The van der Waals surface area contributed by atoms with E-state index >= 15 is 0 Å². The van der Waals surface area contributed by atoms with E-state index in [2.05, 4.69) is 0 Å². The summed E-state index contributed by atoms with van der Waals surface area (Å²) in [7, 11) is -3.51. The normalized spacial score (nSPS) is 13.1. The number of nitrogens with zero attached hydrogens (tertiary/aromatic N) is 1. The van der Waals surface area contributed by atoms with E-state index in [-0.39, 0.29) is 6.54 Å². The van der Waals surface area contributed by atoms with E-state index in [1.807, 2.05) is 19.9 Å². The number of sulfonamides is 1. The Morgan fingerprint density at radius 1 is 1.26 bits per heavy atom. The summed E-state index contributed by atoms with van der Waals surface area (Å²) in [6.07, 6.45) is 1.08. The molecule has 0 radical (unpaired) electrons. The molecule has 1 atom stereocenters. The Morgan fingerprint density at radius 2 is 1.74 bits per heavy atom. The largest absolute Gasteiger partial charge is 0.481 e. The first-order valence-corrected chi connectivity index (χ1v) is 7.75. The molecular formula is C13H19NO4S. The van der Waals surface area contributed by atoms with Crippen LogP contribution in [0.15, 0.2) is 18.2 Å². The SMILES string of the molecule is Cc1cc(C)cc(N(CC(C)C(=O)O)S(C)(=O)=O)c1. The molecule has 0 spiro atoms. The minimum absolute atomic E-state index is 0.0724. The third kappa shape index (κ3) is 4.24. The van der Waals surface area contributed by atoms with Crippen LogP contribution in [-0.4, -0.2) is 32.3 Å². The molecule has 106 valence electrons. The van der Waals surface area contributed by atoms with Crippen molar-refractivity contribution < 1.29 is 18.3 Å². The molecule has 1 N–H and O–H groups in total. The summed E-state index contributed by atoms with van der Waals surface area (Å²) in [5, 5.41) is 8.93. The Balaban J connectivity index is 3.21. The smallest absolute Gasteiger partial charge is 0.308 e. The fraction of sp³-hybridized carbons (Fsp3) is 0.462. The first kappa shape index (κ1) is 15.5. The number of anilines is 1. The van der Waals surface area contributed by atoms with E-state index in [1.54, 1.807) is 12.1 Å². The van der Waals surface area contributed by atoms with Gasteiger partial charge in [-0.3, -0.25) is 9.10 Å². The number of carboxylic acid groups (broad SMARTS) is 1. The Kier molecular flexibility index (Phi) is 4.57. The molecule has 19 heavy (non-hydrogen) atoms. The molecule has 6 heteroatoms. The number of aliphatic carboxylic acids is 1. The standard InChI is InChI=1S/C13H19NO4S/c1-9-5-10(2)7-12(6-9)14(19(4,17)18)8-11(3)13(15)16/h5-7,11H,8H2,1-4H3,(H,15,16). The highest BCUT2D eigenvalue weighted by atomic mass is 32.2. The van der Waals surface area contributed by atoms with Crippen molar-refractivity contribution in [2.24, 2.45) is 5.92 Å². The van der Waals surface area contributed by atoms with Crippen molar-refractivity contribution in [1.29, 1.82) is 0 Å². The number of hydrogen-bond donors (Lipinski definition) is 1. The molecule has 1 unspecified atom stereocenters. The van der Waals surface area contributed by atoms with Gasteiger partial charge in [0.25, 0.3) is 0 Å². The molecule has 0 bridgehead atoms. The lowest BCUT2D eigenvalue weighted by atomic mass is 10.1. The number of aryl methyl sites for hydroxylation is 2. The summed E-state index contributed by atoms with van der Waals surface area (Å²) in [5.41, 5.74) is 2.38. The van der Waals surface area contributed by atoms with Crippen molar-refractivity contribution in [2.75, 3.05) is 17.1 Å². The molecule has 0 heterocycles. The molecule has 1 aromatic rings. The molecule has 5 nitrogen and oxygen atoms in total. The highest BCUT2D eigenvalue weighted by Gasteiger charge is 2.23. The van der Waals surface area contributed by atoms with E-state index in [1.165, 1.54) is 6.92 Å². The summed E-state index contributed by atoms with van der Waals surface area (Å²) in [4.78, 5) is 10.9. The lowest BCUT2D eigenvalue weighted by Crippen LogP contribution is -2.36. The number of hydrogen-bond acceptors (Lipinski definition) is 3. The van der Waals surface area contributed by atoms with Gasteiger partial charge in [0.1, 0.15) is 0 Å². The second-order valence-corrected chi connectivity index (χ2v) is 6.79. The van der Waals surface area contributed by atoms with Crippen LogP contribution < -0.4 is 4.31 Å². The van der Waals surface area contributed by atoms with Gasteiger partial charge < -0.3 is 5.11 Å². The Bertz CT molecular complexity index is 560. The molecule has 1 rings (SSSR count). The number of carbonyl (C=O) groups is 1. The van der Waals surface area contributed by atoms with Crippen molar-refractivity contribution >= 4 is 21.7 Å². The van der Waals surface area contributed by atoms with Crippen LogP contribution in [0.2, 0.25) is 0 Å². The van der Waals surface area contributed by atoms with Crippen LogP contribution in [-0.2, 0) is 14.8 Å². The summed E-state index contributed by atoms with van der Waals surface area (Å²) in [6.45, 7) is 5.16. The quantitative estimate of drug-likeness (QED) is 0.895. The average Bonchev–Trinajstić information content (AvgIpc) is 2.21. The topological polar surface area (TPSA) is 74.7 Å². The van der Waals surface area contributed by atoms with Gasteiger partial charge in [-0.05, 0) is 37.1 Å². The lowest BCUT2D eigenvalue weighted by Gasteiger charge is -2.25. The van der Waals surface area contributed by atoms with Gasteiger partial charge in [0, 0.05) is 6.54 Å². The van der Waals surface area contributed by atoms with E-state index < -0.39 is 21.9 Å². The van der Waals surface area contributed by atoms with Crippen LogP contribution in [0.25, 0.3) is 0 Å². The predicted molar refractivity (Wildman–Crippen MR) is 74.9 cm³/mol. The van der Waals surface area contributed by atoms with E-state index in [9.17, 15) is 13.2 Å². The molecule has 0 amide bonds. The maximum Gasteiger partial charge on any atom is 0.308 e. The second-order valence-electron chi connectivity index (χ2n) is 4.88. The van der Waals surface area contributed by atoms with Crippen molar-refractivity contribution in [1.82, 2.24) is 0 Å². The number of carboxylic acids is 1. The number of rotatable bonds is 5. The third-order valence-electron chi connectivity index (χ3n) is 2.76. The maximum absolute atomic E-state index is 11.8. The highest BCUT2D eigenvalue weighted by molar-refractivity contribution is 7.92. The zero-order valence-corrected chi connectivity index (χ0v) is 12.4. The van der Waals surface area contributed by atoms with Gasteiger partial charge >= 0.3 is 5.97 Å². The van der Waals surface area contributed by atoms with Crippen LogP contribution in [0.5, 0.6) is 0 Å². The minimum Gasteiger partial charge on any atom is -0.481 e. The van der Waals surface area contributed by atoms with Crippen molar-refractivity contribution in [3.8, 4) is 0 Å². The molecule has 0 saturated carbocycles. The summed E-state index contributed by atoms with van der Waals surface area (Å²) < 4.78 is 24.8. The molecule has 0 aliphatic rings. The third-order valence-corrected chi connectivity index (χ3v) is 3.92. The first-order chi connectivity index (χ1) is 8.61. The Labute approximate surface area is 113 Å². The maximum atomic E-state index is 11.8.